The summed E-state index contributed by atoms with van der Waals surface area (Å²) in [6, 6.07) is 8.76. The van der Waals surface area contributed by atoms with Crippen LogP contribution >= 0.6 is 11.3 Å². The van der Waals surface area contributed by atoms with Crippen LogP contribution in [0.15, 0.2) is 46.4 Å². The lowest BCUT2D eigenvalue weighted by molar-refractivity contribution is -0.115. The van der Waals surface area contributed by atoms with E-state index in [9.17, 15) is 9.59 Å². The summed E-state index contributed by atoms with van der Waals surface area (Å²) >= 11 is 1.27. The van der Waals surface area contributed by atoms with Gasteiger partial charge in [-0.2, -0.15) is 0 Å². The maximum Gasteiger partial charge on any atom is 0.260 e. The van der Waals surface area contributed by atoms with Crippen molar-refractivity contribution < 1.29 is 18.7 Å². The molecule has 27 heavy (non-hydrogen) atoms. The van der Waals surface area contributed by atoms with Crippen molar-refractivity contribution in [3.8, 4) is 5.75 Å². The van der Waals surface area contributed by atoms with Crippen molar-refractivity contribution in [3.63, 3.8) is 0 Å². The van der Waals surface area contributed by atoms with Gasteiger partial charge in [0.25, 0.3) is 5.91 Å². The predicted molar refractivity (Wildman–Crippen MR) is 103 cm³/mol. The maximum atomic E-state index is 12.2. The maximum absolute atomic E-state index is 12.2. The van der Waals surface area contributed by atoms with Gasteiger partial charge in [-0.1, -0.05) is 0 Å². The molecule has 8 heteroatoms. The summed E-state index contributed by atoms with van der Waals surface area (Å²) in [6.45, 7) is 4.22. The van der Waals surface area contributed by atoms with Gasteiger partial charge in [0.2, 0.25) is 5.91 Å². The van der Waals surface area contributed by atoms with E-state index in [0.29, 0.717) is 34.4 Å². The Bertz CT molecular complexity index is 931. The normalized spacial score (nSPS) is 10.4. The monoisotopic (exact) mass is 385 g/mol. The Hall–Kier alpha value is -3.13. The molecule has 0 aliphatic rings. The highest BCUT2D eigenvalue weighted by molar-refractivity contribution is 7.14. The molecule has 1 aromatic carbocycles. The molecule has 2 heterocycles. The number of ether oxygens (including phenoxy) is 1. The third kappa shape index (κ3) is 4.95. The summed E-state index contributed by atoms with van der Waals surface area (Å²) in [4.78, 5) is 28.6. The average Bonchev–Trinajstić information content (AvgIpc) is 3.25. The average molecular weight is 385 g/mol. The highest BCUT2D eigenvalue weighted by atomic mass is 32.1. The molecule has 0 atom stereocenters. The van der Waals surface area contributed by atoms with Crippen LogP contribution in [0.5, 0.6) is 5.75 Å². The number of thiazole rings is 1. The molecule has 0 unspecified atom stereocenters. The lowest BCUT2D eigenvalue weighted by Crippen LogP contribution is -2.15. The fourth-order valence-corrected chi connectivity index (χ4v) is 3.11. The van der Waals surface area contributed by atoms with E-state index in [2.05, 4.69) is 15.6 Å². The van der Waals surface area contributed by atoms with Crippen LogP contribution in [0.25, 0.3) is 0 Å². The molecule has 0 spiro atoms. The lowest BCUT2D eigenvalue weighted by Gasteiger charge is -2.06. The Morgan fingerprint density at radius 3 is 2.63 bits per heavy atom. The quantitative estimate of drug-likeness (QED) is 0.644. The molecule has 0 radical (unpaired) electrons. The van der Waals surface area contributed by atoms with E-state index in [1.807, 2.05) is 6.92 Å². The molecule has 3 aromatic rings. The highest BCUT2D eigenvalue weighted by Crippen LogP contribution is 2.19. The van der Waals surface area contributed by atoms with Gasteiger partial charge in [-0.3, -0.25) is 14.9 Å². The van der Waals surface area contributed by atoms with Gasteiger partial charge in [0, 0.05) is 11.1 Å². The van der Waals surface area contributed by atoms with E-state index in [4.69, 9.17) is 9.15 Å². The number of nitrogens with zero attached hydrogens (tertiary/aromatic N) is 1. The van der Waals surface area contributed by atoms with Crippen LogP contribution in [0.3, 0.4) is 0 Å². The van der Waals surface area contributed by atoms with Gasteiger partial charge < -0.3 is 14.5 Å². The number of carbonyl (C=O) groups is 2. The summed E-state index contributed by atoms with van der Waals surface area (Å²) in [5.74, 6) is 0.816. The number of amides is 2. The van der Waals surface area contributed by atoms with Gasteiger partial charge >= 0.3 is 0 Å². The Morgan fingerprint density at radius 1 is 1.19 bits per heavy atom. The largest absolute Gasteiger partial charge is 0.494 e. The zero-order valence-electron chi connectivity index (χ0n) is 14.9. The van der Waals surface area contributed by atoms with Crippen LogP contribution in [-0.2, 0) is 11.2 Å². The van der Waals surface area contributed by atoms with Crippen molar-refractivity contribution in [2.75, 3.05) is 17.2 Å². The Labute approximate surface area is 160 Å². The Morgan fingerprint density at radius 2 is 1.96 bits per heavy atom. The van der Waals surface area contributed by atoms with E-state index in [-0.39, 0.29) is 18.2 Å². The van der Waals surface area contributed by atoms with Crippen molar-refractivity contribution in [2.24, 2.45) is 0 Å². The molecule has 0 saturated heterocycles. The SMILES string of the molecule is CCOc1ccc(NC(=O)Cc2csc(NC(=O)c3ccoc3C)n2)cc1. The first-order chi connectivity index (χ1) is 13.0. The molecule has 2 N–H and O–H groups in total. The molecule has 2 aromatic heterocycles. The van der Waals surface area contributed by atoms with Crippen LogP contribution in [0.4, 0.5) is 10.8 Å². The number of anilines is 2. The van der Waals surface area contributed by atoms with E-state index < -0.39 is 0 Å². The number of hydrogen-bond donors (Lipinski definition) is 2. The predicted octanol–water partition coefficient (Wildman–Crippen LogP) is 3.88. The minimum absolute atomic E-state index is 0.115. The molecule has 2 amide bonds. The van der Waals surface area contributed by atoms with Crippen LogP contribution in [0, 0.1) is 6.92 Å². The minimum Gasteiger partial charge on any atom is -0.494 e. The van der Waals surface area contributed by atoms with Crippen molar-refractivity contribution in [3.05, 3.63) is 59.0 Å². The third-order valence-corrected chi connectivity index (χ3v) is 4.47. The second-order valence-electron chi connectivity index (χ2n) is 5.67. The first-order valence-corrected chi connectivity index (χ1v) is 9.25. The second-order valence-corrected chi connectivity index (χ2v) is 6.53. The van der Waals surface area contributed by atoms with Gasteiger partial charge in [0.05, 0.1) is 30.5 Å². The molecule has 0 saturated carbocycles. The minimum atomic E-state index is -0.291. The zero-order chi connectivity index (χ0) is 19.2. The molecule has 3 rings (SSSR count). The molecule has 0 fully saturated rings. The van der Waals surface area contributed by atoms with E-state index in [1.165, 1.54) is 17.6 Å². The number of furan rings is 1. The first-order valence-electron chi connectivity index (χ1n) is 8.37. The molecule has 140 valence electrons. The molecule has 7 nitrogen and oxygen atoms in total. The van der Waals surface area contributed by atoms with Gasteiger partial charge in [-0.15, -0.1) is 11.3 Å². The number of carbonyl (C=O) groups excluding carboxylic acids is 2. The van der Waals surface area contributed by atoms with Crippen molar-refractivity contribution in [1.29, 1.82) is 0 Å². The number of nitrogens with one attached hydrogen (secondary N) is 2. The summed E-state index contributed by atoms with van der Waals surface area (Å²) in [5.41, 5.74) is 1.73. The van der Waals surface area contributed by atoms with Crippen LogP contribution < -0.4 is 15.4 Å². The van der Waals surface area contributed by atoms with Gasteiger partial charge in [0.1, 0.15) is 11.5 Å². The van der Waals surface area contributed by atoms with Gasteiger partial charge in [-0.05, 0) is 44.2 Å². The molecular weight excluding hydrogens is 366 g/mol. The summed E-state index contributed by atoms with van der Waals surface area (Å²) in [5, 5.41) is 7.70. The second kappa shape index (κ2) is 8.50. The Balaban J connectivity index is 1.54. The summed E-state index contributed by atoms with van der Waals surface area (Å²) in [6.07, 6.45) is 1.58. The Kier molecular flexibility index (Phi) is 5.87. The fraction of sp³-hybridized carbons (Fsp3) is 0.211. The zero-order valence-corrected chi connectivity index (χ0v) is 15.8. The fourth-order valence-electron chi connectivity index (χ4n) is 2.40. The molecular formula is C19H19N3O4S. The number of rotatable bonds is 7. The molecule has 0 aliphatic heterocycles. The first kappa shape index (κ1) is 18.7. The van der Waals surface area contributed by atoms with E-state index in [1.54, 1.807) is 42.6 Å². The highest BCUT2D eigenvalue weighted by Gasteiger charge is 2.14. The topological polar surface area (TPSA) is 93.5 Å². The standard InChI is InChI=1S/C19H19N3O4S/c1-3-25-15-6-4-13(5-7-15)20-17(23)10-14-11-27-19(21-14)22-18(24)16-8-9-26-12(16)2/h4-9,11H,3,10H2,1-2H3,(H,20,23)(H,21,22,24). The lowest BCUT2D eigenvalue weighted by atomic mass is 10.2. The summed E-state index contributed by atoms with van der Waals surface area (Å²) < 4.78 is 10.5. The van der Waals surface area contributed by atoms with Crippen LogP contribution in [-0.4, -0.2) is 23.4 Å². The van der Waals surface area contributed by atoms with Crippen LogP contribution in [0.1, 0.15) is 28.7 Å². The number of aryl methyl sites for hydroxylation is 1. The van der Waals surface area contributed by atoms with E-state index in [0.717, 1.165) is 5.75 Å². The molecule has 0 aliphatic carbocycles. The molecule has 0 bridgehead atoms. The van der Waals surface area contributed by atoms with Gasteiger partial charge in [0.15, 0.2) is 5.13 Å². The van der Waals surface area contributed by atoms with E-state index >= 15 is 0 Å². The third-order valence-electron chi connectivity index (χ3n) is 3.67. The number of hydrogen-bond acceptors (Lipinski definition) is 6. The number of benzene rings is 1. The van der Waals surface area contributed by atoms with Crippen LogP contribution in [0.2, 0.25) is 0 Å². The van der Waals surface area contributed by atoms with Crippen molar-refractivity contribution in [2.45, 2.75) is 20.3 Å². The van der Waals surface area contributed by atoms with Crippen molar-refractivity contribution >= 4 is 34.0 Å². The van der Waals surface area contributed by atoms with Crippen molar-refractivity contribution in [1.82, 2.24) is 4.98 Å². The van der Waals surface area contributed by atoms with Gasteiger partial charge in [-0.25, -0.2) is 4.98 Å². The summed E-state index contributed by atoms with van der Waals surface area (Å²) in [7, 11) is 0. The number of aromatic nitrogens is 1. The smallest absolute Gasteiger partial charge is 0.260 e.